The van der Waals surface area contributed by atoms with Crippen molar-refractivity contribution in [3.05, 3.63) is 63.6 Å². The fourth-order valence-corrected chi connectivity index (χ4v) is 3.87. The predicted molar refractivity (Wildman–Crippen MR) is 120 cm³/mol. The molecule has 0 aromatic heterocycles. The van der Waals surface area contributed by atoms with Crippen molar-refractivity contribution in [2.45, 2.75) is 40.2 Å². The highest BCUT2D eigenvalue weighted by Crippen LogP contribution is 2.30. The van der Waals surface area contributed by atoms with E-state index >= 15 is 0 Å². The van der Waals surface area contributed by atoms with Crippen LogP contribution in [0.1, 0.15) is 36.5 Å². The molecule has 1 atom stereocenters. The van der Waals surface area contributed by atoms with E-state index in [1.807, 2.05) is 63.2 Å². The maximum absolute atomic E-state index is 12.9. The summed E-state index contributed by atoms with van der Waals surface area (Å²) in [6.45, 7) is 7.53. The standard InChI is InChI=1S/C23H28BrN3O2/c1-16-5-7-18(8-6-16)14-25-21(28)23(3)11-4-12-27(15-23)22(29)26-19-9-10-20(24)17(2)13-19/h5-10,13H,4,11-12,14-15H2,1-3H3,(H,25,28)(H,26,29)/t23-/m1/s1. The summed E-state index contributed by atoms with van der Waals surface area (Å²) >= 11 is 3.47. The van der Waals surface area contributed by atoms with Crippen molar-refractivity contribution >= 4 is 33.6 Å². The van der Waals surface area contributed by atoms with E-state index in [1.54, 1.807) is 4.90 Å². The van der Waals surface area contributed by atoms with Gasteiger partial charge in [0.05, 0.1) is 5.41 Å². The number of anilines is 1. The first kappa shape index (κ1) is 21.4. The van der Waals surface area contributed by atoms with Gasteiger partial charge in [0.1, 0.15) is 0 Å². The van der Waals surface area contributed by atoms with Gasteiger partial charge in [0.15, 0.2) is 0 Å². The Hall–Kier alpha value is -2.34. The van der Waals surface area contributed by atoms with E-state index in [0.29, 0.717) is 19.6 Å². The van der Waals surface area contributed by atoms with Crippen LogP contribution in [0.5, 0.6) is 0 Å². The molecule has 5 nitrogen and oxygen atoms in total. The van der Waals surface area contributed by atoms with Gasteiger partial charge < -0.3 is 15.5 Å². The molecular weight excluding hydrogens is 430 g/mol. The van der Waals surface area contributed by atoms with Crippen LogP contribution in [0.2, 0.25) is 0 Å². The number of hydrogen-bond acceptors (Lipinski definition) is 2. The monoisotopic (exact) mass is 457 g/mol. The van der Waals surface area contributed by atoms with Gasteiger partial charge in [-0.25, -0.2) is 4.79 Å². The van der Waals surface area contributed by atoms with Gasteiger partial charge in [-0.15, -0.1) is 0 Å². The van der Waals surface area contributed by atoms with Gasteiger partial charge in [-0.1, -0.05) is 45.8 Å². The normalized spacial score (nSPS) is 19.0. The minimum absolute atomic E-state index is 0.00457. The number of amides is 3. The highest BCUT2D eigenvalue weighted by molar-refractivity contribution is 9.10. The van der Waals surface area contributed by atoms with Gasteiger partial charge >= 0.3 is 6.03 Å². The molecule has 1 aliphatic heterocycles. The van der Waals surface area contributed by atoms with Crippen molar-refractivity contribution in [1.29, 1.82) is 0 Å². The summed E-state index contributed by atoms with van der Waals surface area (Å²) in [5.74, 6) is -0.00457. The lowest BCUT2D eigenvalue weighted by Gasteiger charge is -2.39. The van der Waals surface area contributed by atoms with Crippen molar-refractivity contribution in [2.24, 2.45) is 5.41 Å². The quantitative estimate of drug-likeness (QED) is 0.676. The van der Waals surface area contributed by atoms with E-state index in [2.05, 4.69) is 26.6 Å². The van der Waals surface area contributed by atoms with E-state index in [9.17, 15) is 9.59 Å². The summed E-state index contributed by atoms with van der Waals surface area (Å²) in [5, 5.41) is 6.00. The van der Waals surface area contributed by atoms with Crippen molar-refractivity contribution in [1.82, 2.24) is 10.2 Å². The zero-order valence-corrected chi connectivity index (χ0v) is 18.8. The average Bonchev–Trinajstić information content (AvgIpc) is 2.70. The van der Waals surface area contributed by atoms with Crippen LogP contribution in [-0.4, -0.2) is 29.9 Å². The lowest BCUT2D eigenvalue weighted by atomic mass is 9.81. The van der Waals surface area contributed by atoms with Gasteiger partial charge in [-0.3, -0.25) is 4.79 Å². The zero-order valence-electron chi connectivity index (χ0n) is 17.2. The molecule has 1 fully saturated rings. The first-order valence-corrected chi connectivity index (χ1v) is 10.7. The van der Waals surface area contributed by atoms with Crippen LogP contribution < -0.4 is 10.6 Å². The fourth-order valence-electron chi connectivity index (χ4n) is 3.62. The van der Waals surface area contributed by atoms with Crippen LogP contribution in [0.3, 0.4) is 0 Å². The highest BCUT2D eigenvalue weighted by atomic mass is 79.9. The number of hydrogen-bond donors (Lipinski definition) is 2. The van der Waals surface area contributed by atoms with Gasteiger partial charge in [0.25, 0.3) is 0 Å². The Kier molecular flexibility index (Phi) is 6.63. The SMILES string of the molecule is Cc1ccc(CNC(=O)[C@]2(C)CCCN(C(=O)Nc3ccc(Br)c(C)c3)C2)cc1. The van der Waals surface area contributed by atoms with Crippen LogP contribution in [0.4, 0.5) is 10.5 Å². The maximum Gasteiger partial charge on any atom is 0.321 e. The molecule has 0 spiro atoms. The molecule has 1 aliphatic rings. The molecule has 3 rings (SSSR count). The summed E-state index contributed by atoms with van der Waals surface area (Å²) < 4.78 is 1.01. The van der Waals surface area contributed by atoms with Crippen molar-refractivity contribution in [3.8, 4) is 0 Å². The Morgan fingerprint density at radius 3 is 2.55 bits per heavy atom. The Morgan fingerprint density at radius 1 is 1.14 bits per heavy atom. The summed E-state index contributed by atoms with van der Waals surface area (Å²) in [5.41, 5.74) is 3.50. The number of urea groups is 1. The van der Waals surface area contributed by atoms with Crippen LogP contribution in [0.25, 0.3) is 0 Å². The lowest BCUT2D eigenvalue weighted by Crippen LogP contribution is -2.52. The summed E-state index contributed by atoms with van der Waals surface area (Å²) in [6, 6.07) is 13.7. The van der Waals surface area contributed by atoms with Gasteiger partial charge in [0, 0.05) is 29.8 Å². The minimum Gasteiger partial charge on any atom is -0.351 e. The summed E-state index contributed by atoms with van der Waals surface area (Å²) in [4.78, 5) is 27.4. The average molecular weight is 458 g/mol. The Balaban J connectivity index is 1.60. The third-order valence-corrected chi connectivity index (χ3v) is 6.40. The van der Waals surface area contributed by atoms with E-state index in [-0.39, 0.29) is 11.9 Å². The molecule has 0 aliphatic carbocycles. The molecule has 6 heteroatoms. The highest BCUT2D eigenvalue weighted by Gasteiger charge is 2.39. The molecule has 3 amide bonds. The number of halogens is 1. The molecular formula is C23H28BrN3O2. The second-order valence-corrected chi connectivity index (χ2v) is 9.00. The molecule has 0 bridgehead atoms. The minimum atomic E-state index is -0.587. The lowest BCUT2D eigenvalue weighted by molar-refractivity contribution is -0.132. The number of likely N-dealkylation sites (tertiary alicyclic amines) is 1. The number of rotatable bonds is 4. The number of benzene rings is 2. The molecule has 0 unspecified atom stereocenters. The third kappa shape index (κ3) is 5.38. The van der Waals surface area contributed by atoms with Gasteiger partial charge in [-0.05, 0) is 62.9 Å². The third-order valence-electron chi connectivity index (χ3n) is 5.51. The Bertz CT molecular complexity index is 897. The van der Waals surface area contributed by atoms with E-state index in [0.717, 1.165) is 34.1 Å². The molecule has 2 aromatic carbocycles. The van der Waals surface area contributed by atoms with Gasteiger partial charge in [0.2, 0.25) is 5.91 Å². The summed E-state index contributed by atoms with van der Waals surface area (Å²) in [6.07, 6.45) is 1.58. The zero-order chi connectivity index (χ0) is 21.0. The first-order chi connectivity index (χ1) is 13.8. The van der Waals surface area contributed by atoms with Crippen LogP contribution in [0.15, 0.2) is 46.9 Å². The molecule has 0 saturated carbocycles. The molecule has 29 heavy (non-hydrogen) atoms. The number of aryl methyl sites for hydroxylation is 2. The molecule has 2 N–H and O–H groups in total. The molecule has 1 saturated heterocycles. The molecule has 2 aromatic rings. The van der Waals surface area contributed by atoms with Crippen LogP contribution in [0, 0.1) is 19.3 Å². The second-order valence-electron chi connectivity index (χ2n) is 8.15. The maximum atomic E-state index is 12.9. The Morgan fingerprint density at radius 2 is 1.86 bits per heavy atom. The van der Waals surface area contributed by atoms with Crippen LogP contribution >= 0.6 is 15.9 Å². The number of carbonyl (C=O) groups excluding carboxylic acids is 2. The van der Waals surface area contributed by atoms with E-state index in [4.69, 9.17) is 0 Å². The number of carbonyl (C=O) groups is 2. The smallest absolute Gasteiger partial charge is 0.321 e. The molecule has 1 heterocycles. The predicted octanol–water partition coefficient (Wildman–Crippen LogP) is 5.02. The number of piperidine rings is 1. The van der Waals surface area contributed by atoms with Crippen molar-refractivity contribution in [3.63, 3.8) is 0 Å². The van der Waals surface area contributed by atoms with Crippen molar-refractivity contribution in [2.75, 3.05) is 18.4 Å². The van der Waals surface area contributed by atoms with Crippen molar-refractivity contribution < 1.29 is 9.59 Å². The number of nitrogens with zero attached hydrogens (tertiary/aromatic N) is 1. The number of nitrogens with one attached hydrogen (secondary N) is 2. The molecule has 154 valence electrons. The van der Waals surface area contributed by atoms with E-state index < -0.39 is 5.41 Å². The molecule has 0 radical (unpaired) electrons. The fraction of sp³-hybridized carbons (Fsp3) is 0.391. The first-order valence-electron chi connectivity index (χ1n) is 9.93. The second kappa shape index (κ2) is 8.99. The largest absolute Gasteiger partial charge is 0.351 e. The Labute approximate surface area is 181 Å². The van der Waals surface area contributed by atoms with E-state index in [1.165, 1.54) is 5.56 Å². The summed E-state index contributed by atoms with van der Waals surface area (Å²) in [7, 11) is 0. The van der Waals surface area contributed by atoms with Gasteiger partial charge in [-0.2, -0.15) is 0 Å². The van der Waals surface area contributed by atoms with Crippen LogP contribution in [-0.2, 0) is 11.3 Å². The topological polar surface area (TPSA) is 61.4 Å².